The van der Waals surface area contributed by atoms with Crippen molar-refractivity contribution in [1.29, 1.82) is 0 Å². The highest BCUT2D eigenvalue weighted by atomic mass is 16.3. The van der Waals surface area contributed by atoms with Crippen LogP contribution in [0.25, 0.3) is 11.3 Å². The molecule has 0 fully saturated rings. The van der Waals surface area contributed by atoms with Gasteiger partial charge in [0, 0.05) is 17.7 Å². The van der Waals surface area contributed by atoms with Gasteiger partial charge in [-0.25, -0.2) is 0 Å². The molecule has 2 aromatic carbocycles. The number of furan rings is 1. The Morgan fingerprint density at radius 2 is 1.62 bits per heavy atom. The zero-order valence-corrected chi connectivity index (χ0v) is 16.3. The molecular formula is C23H22N2O4. The largest absolute Gasteiger partial charge is 0.451 e. The fraction of sp³-hybridized carbons (Fsp3) is 0.174. The zero-order valence-electron chi connectivity index (χ0n) is 16.3. The number of anilines is 1. The number of rotatable bonds is 7. The molecule has 3 aromatic rings. The van der Waals surface area contributed by atoms with Crippen LogP contribution >= 0.6 is 0 Å². The van der Waals surface area contributed by atoms with Crippen molar-refractivity contribution < 1.29 is 18.8 Å². The molecule has 3 rings (SSSR count). The van der Waals surface area contributed by atoms with Crippen LogP contribution in [0.5, 0.6) is 0 Å². The highest BCUT2D eigenvalue weighted by molar-refractivity contribution is 6.08. The minimum Gasteiger partial charge on any atom is -0.451 e. The van der Waals surface area contributed by atoms with Gasteiger partial charge in [0.25, 0.3) is 11.8 Å². The summed E-state index contributed by atoms with van der Waals surface area (Å²) in [6, 6.07) is 17.0. The van der Waals surface area contributed by atoms with Gasteiger partial charge in [-0.3, -0.25) is 14.4 Å². The third kappa shape index (κ3) is 4.79. The molecule has 0 bridgehead atoms. The maximum Gasteiger partial charge on any atom is 0.291 e. The summed E-state index contributed by atoms with van der Waals surface area (Å²) in [7, 11) is 0. The second-order valence-electron chi connectivity index (χ2n) is 6.55. The molecule has 1 heterocycles. The normalized spacial score (nSPS) is 10.4. The van der Waals surface area contributed by atoms with E-state index in [4.69, 9.17) is 4.42 Å². The lowest BCUT2D eigenvalue weighted by Gasteiger charge is -2.10. The van der Waals surface area contributed by atoms with Crippen molar-refractivity contribution in [2.24, 2.45) is 0 Å². The Kier molecular flexibility index (Phi) is 6.24. The molecule has 0 aliphatic carbocycles. The fourth-order valence-corrected chi connectivity index (χ4v) is 2.79. The van der Waals surface area contributed by atoms with Crippen molar-refractivity contribution in [3.63, 3.8) is 0 Å². The summed E-state index contributed by atoms with van der Waals surface area (Å²) in [5.41, 5.74) is 2.17. The van der Waals surface area contributed by atoms with Crippen molar-refractivity contribution in [1.82, 2.24) is 5.32 Å². The summed E-state index contributed by atoms with van der Waals surface area (Å²) in [5.74, 6) is -0.0721. The van der Waals surface area contributed by atoms with Crippen LogP contribution in [0.3, 0.4) is 0 Å². The number of amides is 2. The molecule has 2 amide bonds. The lowest BCUT2D eigenvalue weighted by atomic mass is 10.1. The highest BCUT2D eigenvalue weighted by Gasteiger charge is 2.16. The van der Waals surface area contributed by atoms with Crippen molar-refractivity contribution >= 4 is 23.3 Å². The number of carbonyl (C=O) groups excluding carboxylic acids is 3. The molecule has 0 aliphatic rings. The second kappa shape index (κ2) is 9.01. The molecule has 0 radical (unpaired) electrons. The topological polar surface area (TPSA) is 88.4 Å². The van der Waals surface area contributed by atoms with Crippen LogP contribution < -0.4 is 10.6 Å². The number of hydrogen-bond donors (Lipinski definition) is 2. The molecule has 148 valence electrons. The van der Waals surface area contributed by atoms with E-state index in [0.29, 0.717) is 29.1 Å². The fourth-order valence-electron chi connectivity index (χ4n) is 2.79. The summed E-state index contributed by atoms with van der Waals surface area (Å²) in [6.45, 7) is 4.03. The molecule has 6 nitrogen and oxygen atoms in total. The smallest absolute Gasteiger partial charge is 0.291 e. The monoisotopic (exact) mass is 390 g/mol. The third-order valence-corrected chi connectivity index (χ3v) is 4.36. The van der Waals surface area contributed by atoms with E-state index < -0.39 is 5.91 Å². The molecule has 1 aromatic heterocycles. The van der Waals surface area contributed by atoms with Crippen molar-refractivity contribution in [2.45, 2.75) is 20.3 Å². The molecule has 6 heteroatoms. The van der Waals surface area contributed by atoms with Gasteiger partial charge >= 0.3 is 0 Å². The number of carbonyl (C=O) groups is 3. The van der Waals surface area contributed by atoms with E-state index in [0.717, 1.165) is 12.0 Å². The predicted octanol–water partition coefficient (Wildman–Crippen LogP) is 4.54. The van der Waals surface area contributed by atoms with E-state index in [-0.39, 0.29) is 17.5 Å². The van der Waals surface area contributed by atoms with Crippen molar-refractivity contribution in [3.8, 4) is 11.3 Å². The molecular weight excluding hydrogens is 368 g/mol. The summed E-state index contributed by atoms with van der Waals surface area (Å²) < 4.78 is 5.67. The quantitative estimate of drug-likeness (QED) is 0.580. The maximum absolute atomic E-state index is 12.6. The number of ketones is 1. The Bertz CT molecular complexity index is 1040. The first-order chi connectivity index (χ1) is 14.0. The summed E-state index contributed by atoms with van der Waals surface area (Å²) in [5, 5.41) is 5.54. The van der Waals surface area contributed by atoms with E-state index in [9.17, 15) is 14.4 Å². The van der Waals surface area contributed by atoms with Gasteiger partial charge < -0.3 is 15.1 Å². The van der Waals surface area contributed by atoms with E-state index in [1.165, 1.54) is 6.92 Å². The van der Waals surface area contributed by atoms with Crippen LogP contribution in [-0.4, -0.2) is 24.1 Å². The van der Waals surface area contributed by atoms with Gasteiger partial charge in [-0.15, -0.1) is 0 Å². The van der Waals surface area contributed by atoms with E-state index in [1.54, 1.807) is 60.7 Å². The van der Waals surface area contributed by atoms with Gasteiger partial charge in [0.15, 0.2) is 11.5 Å². The number of Topliss-reactive ketones (excluding diaryl/α,β-unsaturated/α-hetero) is 1. The number of nitrogens with one attached hydrogen (secondary N) is 2. The first kappa shape index (κ1) is 20.1. The Morgan fingerprint density at radius 3 is 2.31 bits per heavy atom. The summed E-state index contributed by atoms with van der Waals surface area (Å²) in [4.78, 5) is 36.3. The molecule has 0 unspecified atom stereocenters. The SMILES string of the molecule is CCCNC(=O)c1ccccc1NC(=O)c1ccc(-c2ccc(C(C)=O)cc2)o1. The second-order valence-corrected chi connectivity index (χ2v) is 6.55. The van der Waals surface area contributed by atoms with Gasteiger partial charge in [0.2, 0.25) is 0 Å². The van der Waals surface area contributed by atoms with Crippen LogP contribution in [0.1, 0.15) is 51.5 Å². The van der Waals surface area contributed by atoms with Crippen LogP contribution in [0.2, 0.25) is 0 Å². The van der Waals surface area contributed by atoms with Gasteiger partial charge in [0.1, 0.15) is 5.76 Å². The van der Waals surface area contributed by atoms with E-state index in [2.05, 4.69) is 10.6 Å². The molecule has 0 atom stereocenters. The Hall–Kier alpha value is -3.67. The molecule has 0 spiro atoms. The lowest BCUT2D eigenvalue weighted by molar-refractivity contribution is 0.0953. The number of benzene rings is 2. The van der Waals surface area contributed by atoms with Crippen LogP contribution in [0.4, 0.5) is 5.69 Å². The molecule has 29 heavy (non-hydrogen) atoms. The third-order valence-electron chi connectivity index (χ3n) is 4.36. The number of para-hydroxylation sites is 1. The predicted molar refractivity (Wildman–Crippen MR) is 111 cm³/mol. The first-order valence-electron chi connectivity index (χ1n) is 9.39. The van der Waals surface area contributed by atoms with Gasteiger partial charge in [-0.05, 0) is 37.6 Å². The molecule has 0 saturated heterocycles. The van der Waals surface area contributed by atoms with E-state index in [1.807, 2.05) is 6.92 Å². The summed E-state index contributed by atoms with van der Waals surface area (Å²) >= 11 is 0. The summed E-state index contributed by atoms with van der Waals surface area (Å²) in [6.07, 6.45) is 0.822. The Balaban J connectivity index is 1.76. The average Bonchev–Trinajstić information content (AvgIpc) is 3.23. The van der Waals surface area contributed by atoms with Crippen LogP contribution in [0.15, 0.2) is 65.1 Å². The van der Waals surface area contributed by atoms with Gasteiger partial charge in [-0.1, -0.05) is 43.3 Å². The van der Waals surface area contributed by atoms with Crippen LogP contribution in [-0.2, 0) is 0 Å². The zero-order chi connectivity index (χ0) is 20.8. The van der Waals surface area contributed by atoms with Gasteiger partial charge in [-0.2, -0.15) is 0 Å². The molecule has 0 aliphatic heterocycles. The van der Waals surface area contributed by atoms with Crippen molar-refractivity contribution in [2.75, 3.05) is 11.9 Å². The van der Waals surface area contributed by atoms with Gasteiger partial charge in [0.05, 0.1) is 11.3 Å². The van der Waals surface area contributed by atoms with Crippen molar-refractivity contribution in [3.05, 3.63) is 77.6 Å². The Labute approximate surface area is 168 Å². The maximum atomic E-state index is 12.6. The molecule has 2 N–H and O–H groups in total. The van der Waals surface area contributed by atoms with E-state index >= 15 is 0 Å². The Morgan fingerprint density at radius 1 is 0.897 bits per heavy atom. The minimum absolute atomic E-state index is 0.0160. The number of hydrogen-bond acceptors (Lipinski definition) is 4. The minimum atomic E-state index is -0.452. The highest BCUT2D eigenvalue weighted by Crippen LogP contribution is 2.24. The standard InChI is InChI=1S/C23H22N2O4/c1-3-14-24-22(27)18-6-4-5-7-19(18)25-23(28)21-13-12-20(29-21)17-10-8-16(9-11-17)15(2)26/h4-13H,3,14H2,1-2H3,(H,24,27)(H,25,28). The van der Waals surface area contributed by atoms with Crippen LogP contribution in [0, 0.1) is 0 Å². The average molecular weight is 390 g/mol. The first-order valence-corrected chi connectivity index (χ1v) is 9.39. The lowest BCUT2D eigenvalue weighted by Crippen LogP contribution is -2.25. The molecule has 0 saturated carbocycles.